The predicted octanol–water partition coefficient (Wildman–Crippen LogP) is 2.87. The van der Waals surface area contributed by atoms with E-state index in [0.29, 0.717) is 6.42 Å². The van der Waals surface area contributed by atoms with Crippen molar-refractivity contribution in [1.82, 2.24) is 4.90 Å². The van der Waals surface area contributed by atoms with Crippen molar-refractivity contribution < 1.29 is 14.3 Å². The highest BCUT2D eigenvalue weighted by molar-refractivity contribution is 5.68. The normalized spacial score (nSPS) is 12.0. The fourth-order valence-electron chi connectivity index (χ4n) is 1.93. The van der Waals surface area contributed by atoms with Gasteiger partial charge in [0.15, 0.2) is 0 Å². The molecule has 0 saturated heterocycles. The van der Waals surface area contributed by atoms with Crippen molar-refractivity contribution in [1.29, 1.82) is 0 Å². The number of carbonyl (C=O) groups is 2. The molecule has 0 aliphatic rings. The Bertz CT molecular complexity index is 403. The summed E-state index contributed by atoms with van der Waals surface area (Å²) in [6.45, 7) is 4.21. The molecule has 1 rings (SSSR count). The first kappa shape index (κ1) is 15.2. The van der Waals surface area contributed by atoms with Crippen LogP contribution < -0.4 is 0 Å². The molecule has 0 aliphatic heterocycles. The standard InChI is InChI=1S/C15H21NO3/c1-12(2)14(9-10-17)16(3)15(18)19-11-13-7-5-4-6-8-13/h4-8,10,12,14H,9,11H2,1-3H3/t14-/m1/s1. The number of amides is 1. The molecule has 0 aromatic heterocycles. The van der Waals surface area contributed by atoms with Gasteiger partial charge in [-0.1, -0.05) is 44.2 Å². The van der Waals surface area contributed by atoms with Gasteiger partial charge in [-0.15, -0.1) is 0 Å². The molecule has 0 heterocycles. The van der Waals surface area contributed by atoms with Gasteiger partial charge in [-0.3, -0.25) is 0 Å². The van der Waals surface area contributed by atoms with E-state index < -0.39 is 6.09 Å². The minimum Gasteiger partial charge on any atom is -0.445 e. The molecule has 0 unspecified atom stereocenters. The monoisotopic (exact) mass is 263 g/mol. The van der Waals surface area contributed by atoms with E-state index >= 15 is 0 Å². The Morgan fingerprint density at radius 1 is 1.32 bits per heavy atom. The third kappa shape index (κ3) is 4.73. The number of aldehydes is 1. The minimum atomic E-state index is -0.399. The molecule has 0 saturated carbocycles. The van der Waals surface area contributed by atoms with Crippen molar-refractivity contribution in [2.24, 2.45) is 5.92 Å². The maximum Gasteiger partial charge on any atom is 0.410 e. The summed E-state index contributed by atoms with van der Waals surface area (Å²) in [5, 5.41) is 0. The fourth-order valence-corrected chi connectivity index (χ4v) is 1.93. The molecular formula is C15H21NO3. The van der Waals surface area contributed by atoms with E-state index in [1.54, 1.807) is 7.05 Å². The molecule has 4 nitrogen and oxygen atoms in total. The Balaban J connectivity index is 2.54. The van der Waals surface area contributed by atoms with E-state index in [4.69, 9.17) is 4.74 Å². The highest BCUT2D eigenvalue weighted by Crippen LogP contribution is 2.13. The van der Waals surface area contributed by atoms with Gasteiger partial charge in [0, 0.05) is 19.5 Å². The molecule has 104 valence electrons. The highest BCUT2D eigenvalue weighted by Gasteiger charge is 2.23. The van der Waals surface area contributed by atoms with Crippen LogP contribution in [0.1, 0.15) is 25.8 Å². The summed E-state index contributed by atoms with van der Waals surface area (Å²) in [5.74, 6) is 0.208. The number of ether oxygens (including phenoxy) is 1. The first-order valence-electron chi connectivity index (χ1n) is 6.43. The lowest BCUT2D eigenvalue weighted by atomic mass is 10.0. The first-order chi connectivity index (χ1) is 9.06. The molecule has 0 fully saturated rings. The summed E-state index contributed by atoms with van der Waals surface area (Å²) < 4.78 is 5.24. The second-order valence-electron chi connectivity index (χ2n) is 4.86. The van der Waals surface area contributed by atoms with E-state index in [9.17, 15) is 9.59 Å². The molecule has 0 N–H and O–H groups in total. The Hall–Kier alpha value is -1.84. The highest BCUT2D eigenvalue weighted by atomic mass is 16.6. The number of benzene rings is 1. The maximum atomic E-state index is 11.9. The number of nitrogens with zero attached hydrogens (tertiary/aromatic N) is 1. The Labute approximate surface area is 114 Å². The third-order valence-electron chi connectivity index (χ3n) is 3.10. The van der Waals surface area contributed by atoms with Gasteiger partial charge in [0.1, 0.15) is 12.9 Å². The van der Waals surface area contributed by atoms with Gasteiger partial charge in [-0.25, -0.2) is 4.79 Å². The SMILES string of the molecule is CC(C)[C@@H](CC=O)N(C)C(=O)OCc1ccccc1. The van der Waals surface area contributed by atoms with Gasteiger partial charge in [0.05, 0.1) is 0 Å². The summed E-state index contributed by atoms with van der Waals surface area (Å²) >= 11 is 0. The van der Waals surface area contributed by atoms with Crippen LogP contribution in [0.15, 0.2) is 30.3 Å². The molecule has 1 atom stereocenters. The van der Waals surface area contributed by atoms with E-state index in [0.717, 1.165) is 11.8 Å². The average Bonchev–Trinajstić information content (AvgIpc) is 2.42. The summed E-state index contributed by atoms with van der Waals surface area (Å²) in [5.41, 5.74) is 0.945. The van der Waals surface area contributed by atoms with Gasteiger partial charge in [0.25, 0.3) is 0 Å². The van der Waals surface area contributed by atoms with Crippen molar-refractivity contribution >= 4 is 12.4 Å². The second-order valence-corrected chi connectivity index (χ2v) is 4.86. The van der Waals surface area contributed by atoms with Gasteiger partial charge >= 0.3 is 6.09 Å². The minimum absolute atomic E-state index is 0.124. The topological polar surface area (TPSA) is 46.6 Å². The lowest BCUT2D eigenvalue weighted by molar-refractivity contribution is -0.109. The van der Waals surface area contributed by atoms with Crippen LogP contribution in [0.5, 0.6) is 0 Å². The average molecular weight is 263 g/mol. The predicted molar refractivity (Wildman–Crippen MR) is 73.7 cm³/mol. The van der Waals surface area contributed by atoms with Crippen molar-refractivity contribution in [3.05, 3.63) is 35.9 Å². The molecule has 1 amide bonds. The van der Waals surface area contributed by atoms with Gasteiger partial charge < -0.3 is 14.4 Å². The zero-order chi connectivity index (χ0) is 14.3. The number of rotatable bonds is 6. The van der Waals surface area contributed by atoms with Crippen LogP contribution in [-0.4, -0.2) is 30.4 Å². The summed E-state index contributed by atoms with van der Waals surface area (Å²) in [4.78, 5) is 24.1. The molecule has 0 radical (unpaired) electrons. The molecule has 0 aliphatic carbocycles. The van der Waals surface area contributed by atoms with Crippen LogP contribution in [0.4, 0.5) is 4.79 Å². The molecule has 4 heteroatoms. The van der Waals surface area contributed by atoms with Crippen molar-refractivity contribution in [2.45, 2.75) is 32.9 Å². The first-order valence-corrected chi connectivity index (χ1v) is 6.43. The number of hydrogen-bond acceptors (Lipinski definition) is 3. The van der Waals surface area contributed by atoms with Crippen molar-refractivity contribution in [3.63, 3.8) is 0 Å². The zero-order valence-corrected chi connectivity index (χ0v) is 11.7. The summed E-state index contributed by atoms with van der Waals surface area (Å²) in [6, 6.07) is 9.39. The van der Waals surface area contributed by atoms with E-state index in [2.05, 4.69) is 0 Å². The lowest BCUT2D eigenvalue weighted by Gasteiger charge is -2.29. The lowest BCUT2D eigenvalue weighted by Crippen LogP contribution is -2.40. The van der Waals surface area contributed by atoms with Crippen LogP contribution in [-0.2, 0) is 16.1 Å². The maximum absolute atomic E-state index is 11.9. The quantitative estimate of drug-likeness (QED) is 0.741. The molecular weight excluding hydrogens is 242 g/mol. The van der Waals surface area contributed by atoms with Crippen LogP contribution >= 0.6 is 0 Å². The van der Waals surface area contributed by atoms with Crippen molar-refractivity contribution in [2.75, 3.05) is 7.05 Å². The smallest absolute Gasteiger partial charge is 0.410 e. The fraction of sp³-hybridized carbons (Fsp3) is 0.467. The van der Waals surface area contributed by atoms with Crippen molar-refractivity contribution in [3.8, 4) is 0 Å². The van der Waals surface area contributed by atoms with E-state index in [1.807, 2.05) is 44.2 Å². The molecule has 0 bridgehead atoms. The van der Waals surface area contributed by atoms with Gasteiger partial charge in [-0.2, -0.15) is 0 Å². The van der Waals surface area contributed by atoms with Crippen LogP contribution in [0, 0.1) is 5.92 Å². The number of hydrogen-bond donors (Lipinski definition) is 0. The molecule has 19 heavy (non-hydrogen) atoms. The van der Waals surface area contributed by atoms with Gasteiger partial charge in [0.2, 0.25) is 0 Å². The zero-order valence-electron chi connectivity index (χ0n) is 11.7. The molecule has 1 aromatic carbocycles. The van der Waals surface area contributed by atoms with E-state index in [-0.39, 0.29) is 18.6 Å². The Morgan fingerprint density at radius 3 is 2.47 bits per heavy atom. The summed E-state index contributed by atoms with van der Waals surface area (Å²) in [6.07, 6.45) is 0.768. The molecule has 0 spiro atoms. The largest absolute Gasteiger partial charge is 0.445 e. The van der Waals surface area contributed by atoms with E-state index in [1.165, 1.54) is 4.90 Å². The number of carbonyl (C=O) groups excluding carboxylic acids is 2. The molecule has 1 aromatic rings. The second kappa shape index (κ2) is 7.56. The van der Waals surface area contributed by atoms with Crippen LogP contribution in [0.2, 0.25) is 0 Å². The van der Waals surface area contributed by atoms with Gasteiger partial charge in [-0.05, 0) is 11.5 Å². The Kier molecular flexibility index (Phi) is 6.06. The van der Waals surface area contributed by atoms with Crippen LogP contribution in [0.25, 0.3) is 0 Å². The Morgan fingerprint density at radius 2 is 1.95 bits per heavy atom. The van der Waals surface area contributed by atoms with Crippen LogP contribution in [0.3, 0.4) is 0 Å². The summed E-state index contributed by atoms with van der Waals surface area (Å²) in [7, 11) is 1.67. The third-order valence-corrected chi connectivity index (χ3v) is 3.10.